The number of hydrogen-bond donors (Lipinski definition) is 2. The van der Waals surface area contributed by atoms with Crippen molar-refractivity contribution in [2.45, 2.75) is 43.4 Å². The van der Waals surface area contributed by atoms with E-state index in [1.165, 1.54) is 0 Å². The Bertz CT molecular complexity index is 575. The zero-order valence-electron chi connectivity index (χ0n) is 10.7. The Morgan fingerprint density at radius 2 is 2.00 bits per heavy atom. The van der Waals surface area contributed by atoms with Gasteiger partial charge in [-0.25, -0.2) is 4.79 Å². The highest BCUT2D eigenvalue weighted by Crippen LogP contribution is 2.40. The van der Waals surface area contributed by atoms with Crippen LogP contribution in [-0.4, -0.2) is 25.7 Å². The number of halogens is 1. The fraction of sp³-hybridized carbons (Fsp3) is 0.667. The van der Waals surface area contributed by atoms with E-state index in [9.17, 15) is 19.1 Å². The molecule has 0 bridgehead atoms. The number of thioether (sulfide) groups is 1. The van der Waals surface area contributed by atoms with Gasteiger partial charge in [-0.2, -0.15) is 16.2 Å². The van der Waals surface area contributed by atoms with E-state index in [1.807, 2.05) is 11.2 Å². The largest absolute Gasteiger partial charge is 0.492 e. The van der Waals surface area contributed by atoms with Crippen LogP contribution in [0.2, 0.25) is 0 Å². The van der Waals surface area contributed by atoms with Crippen molar-refractivity contribution in [1.29, 1.82) is 0 Å². The van der Waals surface area contributed by atoms with E-state index in [0.29, 0.717) is 0 Å². The Morgan fingerprint density at radius 3 is 2.58 bits per heavy atom. The Kier molecular flexibility index (Phi) is 4.03. The summed E-state index contributed by atoms with van der Waals surface area (Å²) in [5.74, 6) is -2.17. The average Bonchev–Trinajstić information content (AvgIpc) is 2.42. The summed E-state index contributed by atoms with van der Waals surface area (Å²) >= 11 is 1.63. The summed E-state index contributed by atoms with van der Waals surface area (Å²) in [5.41, 5.74) is -1.94. The van der Waals surface area contributed by atoms with Gasteiger partial charge in [-0.1, -0.05) is 19.3 Å². The first-order valence-corrected chi connectivity index (χ1v) is 7.48. The number of nitrogens with zero attached hydrogens (tertiary/aromatic N) is 1. The number of aromatic amines is 1. The van der Waals surface area contributed by atoms with Crippen molar-refractivity contribution >= 4 is 11.8 Å². The van der Waals surface area contributed by atoms with Gasteiger partial charge in [0, 0.05) is 11.3 Å². The van der Waals surface area contributed by atoms with Crippen LogP contribution < -0.4 is 11.2 Å². The van der Waals surface area contributed by atoms with Gasteiger partial charge in [-0.3, -0.25) is 14.3 Å². The highest BCUT2D eigenvalue weighted by molar-refractivity contribution is 8.00. The van der Waals surface area contributed by atoms with Gasteiger partial charge in [0.05, 0.1) is 0 Å². The zero-order chi connectivity index (χ0) is 14.0. The molecule has 19 heavy (non-hydrogen) atoms. The minimum absolute atomic E-state index is 0.176. The molecule has 1 aliphatic rings. The van der Waals surface area contributed by atoms with Gasteiger partial charge in [0.15, 0.2) is 0 Å². The fourth-order valence-corrected chi connectivity index (χ4v) is 3.55. The molecule has 0 unspecified atom stereocenters. The Labute approximate surface area is 113 Å². The molecule has 1 heterocycles. The monoisotopic (exact) mass is 288 g/mol. The highest BCUT2D eigenvalue weighted by atomic mass is 32.2. The van der Waals surface area contributed by atoms with Crippen molar-refractivity contribution in [3.05, 3.63) is 26.7 Å². The van der Waals surface area contributed by atoms with Crippen LogP contribution in [-0.2, 0) is 6.54 Å². The van der Waals surface area contributed by atoms with Gasteiger partial charge in [-0.15, -0.1) is 0 Å². The van der Waals surface area contributed by atoms with E-state index in [4.69, 9.17) is 0 Å². The minimum Gasteiger partial charge on any atom is -0.492 e. The van der Waals surface area contributed by atoms with Crippen molar-refractivity contribution in [3.63, 3.8) is 0 Å². The fourth-order valence-electron chi connectivity index (χ4n) is 2.59. The van der Waals surface area contributed by atoms with E-state index < -0.39 is 22.9 Å². The molecule has 2 N–H and O–H groups in total. The van der Waals surface area contributed by atoms with Crippen LogP contribution >= 0.6 is 11.8 Å². The topological polar surface area (TPSA) is 75.1 Å². The molecule has 106 valence electrons. The molecule has 0 radical (unpaired) electrons. The number of aromatic hydroxyl groups is 1. The second-order valence-electron chi connectivity index (χ2n) is 4.93. The summed E-state index contributed by atoms with van der Waals surface area (Å²) < 4.78 is 14.1. The highest BCUT2D eigenvalue weighted by Gasteiger charge is 2.33. The maximum Gasteiger partial charge on any atom is 0.331 e. The molecule has 0 atom stereocenters. The normalized spacial score (nSPS) is 18.4. The first kappa shape index (κ1) is 14.2. The maximum atomic E-state index is 13.4. The van der Waals surface area contributed by atoms with Crippen molar-refractivity contribution in [3.8, 4) is 5.88 Å². The summed E-state index contributed by atoms with van der Waals surface area (Å²) in [6, 6.07) is 0. The molecule has 1 aromatic heterocycles. The van der Waals surface area contributed by atoms with Gasteiger partial charge in [0.2, 0.25) is 11.7 Å². The summed E-state index contributed by atoms with van der Waals surface area (Å²) in [7, 11) is 0. The molecule has 5 nitrogen and oxygen atoms in total. The van der Waals surface area contributed by atoms with E-state index in [-0.39, 0.29) is 11.3 Å². The van der Waals surface area contributed by atoms with Crippen molar-refractivity contribution in [2.24, 2.45) is 0 Å². The van der Waals surface area contributed by atoms with Gasteiger partial charge in [-0.05, 0) is 19.1 Å². The number of H-pyrrole nitrogens is 1. The molecular weight excluding hydrogens is 271 g/mol. The van der Waals surface area contributed by atoms with E-state index in [1.54, 1.807) is 11.8 Å². The van der Waals surface area contributed by atoms with Crippen molar-refractivity contribution in [1.82, 2.24) is 9.55 Å². The third-order valence-electron chi connectivity index (χ3n) is 3.76. The Balaban J connectivity index is 2.40. The smallest absolute Gasteiger partial charge is 0.331 e. The Morgan fingerprint density at radius 1 is 1.37 bits per heavy atom. The lowest BCUT2D eigenvalue weighted by atomic mass is 9.88. The molecule has 2 rings (SSSR count). The van der Waals surface area contributed by atoms with Crippen LogP contribution in [0.3, 0.4) is 0 Å². The van der Waals surface area contributed by atoms with Crippen LogP contribution in [0.15, 0.2) is 9.59 Å². The van der Waals surface area contributed by atoms with Crippen LogP contribution in [0.25, 0.3) is 0 Å². The van der Waals surface area contributed by atoms with E-state index in [2.05, 4.69) is 0 Å². The molecular formula is C12H17FN2O3S. The van der Waals surface area contributed by atoms with Crippen molar-refractivity contribution in [2.75, 3.05) is 6.26 Å². The first-order valence-electron chi connectivity index (χ1n) is 6.26. The predicted molar refractivity (Wildman–Crippen MR) is 72.3 cm³/mol. The van der Waals surface area contributed by atoms with Gasteiger partial charge in [0.1, 0.15) is 0 Å². The molecule has 1 fully saturated rings. The first-order chi connectivity index (χ1) is 8.99. The third kappa shape index (κ3) is 2.70. The molecule has 1 aromatic rings. The summed E-state index contributed by atoms with van der Waals surface area (Å²) in [6.45, 7) is 0.215. The lowest BCUT2D eigenvalue weighted by Gasteiger charge is -2.36. The Hall–Kier alpha value is -1.24. The molecule has 0 aromatic carbocycles. The lowest BCUT2D eigenvalue weighted by molar-refractivity contribution is 0.308. The number of aromatic nitrogens is 2. The second-order valence-corrected chi connectivity index (χ2v) is 6.21. The van der Waals surface area contributed by atoms with E-state index in [0.717, 1.165) is 36.7 Å². The van der Waals surface area contributed by atoms with Crippen LogP contribution in [0, 0.1) is 5.82 Å². The second kappa shape index (κ2) is 5.40. The molecule has 7 heteroatoms. The standard InChI is InChI=1S/C12H17FN2O3S/c1-19-12(5-3-2-4-6-12)7-15-10(17)8(13)9(16)14-11(15)18/h17H,2-7H2,1H3,(H,14,16,18). The van der Waals surface area contributed by atoms with E-state index >= 15 is 0 Å². The molecule has 0 saturated heterocycles. The molecule has 0 spiro atoms. The summed E-state index contributed by atoms with van der Waals surface area (Å²) in [6.07, 6.45) is 7.06. The van der Waals surface area contributed by atoms with Gasteiger partial charge >= 0.3 is 5.69 Å². The molecule has 0 amide bonds. The maximum absolute atomic E-state index is 13.4. The third-order valence-corrected chi connectivity index (χ3v) is 5.16. The minimum atomic E-state index is -1.30. The lowest BCUT2D eigenvalue weighted by Crippen LogP contribution is -2.40. The average molecular weight is 288 g/mol. The SMILES string of the molecule is CSC1(Cn2c(O)c(F)c(=O)[nH]c2=O)CCCCC1. The van der Waals surface area contributed by atoms with Gasteiger partial charge in [0.25, 0.3) is 5.56 Å². The van der Waals surface area contributed by atoms with Crippen LogP contribution in [0.4, 0.5) is 4.39 Å². The summed E-state index contributed by atoms with van der Waals surface area (Å²) in [4.78, 5) is 24.6. The predicted octanol–water partition coefficient (Wildman–Crippen LogP) is 1.45. The van der Waals surface area contributed by atoms with Crippen LogP contribution in [0.5, 0.6) is 5.88 Å². The number of nitrogens with one attached hydrogen (secondary N) is 1. The van der Waals surface area contributed by atoms with Gasteiger partial charge < -0.3 is 5.11 Å². The van der Waals surface area contributed by atoms with Crippen molar-refractivity contribution < 1.29 is 9.50 Å². The quantitative estimate of drug-likeness (QED) is 0.882. The zero-order valence-corrected chi connectivity index (χ0v) is 11.6. The molecule has 1 aliphatic carbocycles. The summed E-state index contributed by atoms with van der Waals surface area (Å²) in [5, 5.41) is 9.66. The molecule has 0 aliphatic heterocycles. The number of hydrogen-bond acceptors (Lipinski definition) is 4. The number of rotatable bonds is 3. The van der Waals surface area contributed by atoms with Crippen LogP contribution in [0.1, 0.15) is 32.1 Å². The molecule has 1 saturated carbocycles.